The molecule has 0 bridgehead atoms. The van der Waals surface area contributed by atoms with Crippen LogP contribution in [0.4, 0.5) is 10.5 Å². The van der Waals surface area contributed by atoms with E-state index in [1.807, 2.05) is 0 Å². The number of hydrogen-bond acceptors (Lipinski definition) is 4. The Hall–Kier alpha value is -2.29. The van der Waals surface area contributed by atoms with Gasteiger partial charge in [-0.1, -0.05) is 18.2 Å². The number of carbonyl (C=O) groups excluding carboxylic acids is 1. The second-order valence-electron chi connectivity index (χ2n) is 7.06. The molecule has 26 heavy (non-hydrogen) atoms. The number of rotatable bonds is 5. The monoisotopic (exact) mass is 383 g/mol. The molecule has 1 aromatic carbocycles. The lowest BCUT2D eigenvalue weighted by Gasteiger charge is -2.24. The summed E-state index contributed by atoms with van der Waals surface area (Å²) >= 11 is 0. The summed E-state index contributed by atoms with van der Waals surface area (Å²) in [6.07, 6.45) is 1.45. The largest absolute Gasteiger partial charge is 0.481 e. The Labute approximate surface area is 153 Å². The Kier molecular flexibility index (Phi) is 5.80. The zero-order chi connectivity index (χ0) is 19.5. The summed E-state index contributed by atoms with van der Waals surface area (Å²) in [7, 11) is -3.45. The molecule has 1 aromatic rings. The van der Waals surface area contributed by atoms with Gasteiger partial charge >= 0.3 is 12.0 Å². The van der Waals surface area contributed by atoms with Crippen LogP contribution in [0.5, 0.6) is 0 Å². The fourth-order valence-corrected chi connectivity index (χ4v) is 3.67. The maximum Gasteiger partial charge on any atom is 0.317 e. The number of nitrogens with zero attached hydrogens (tertiary/aromatic N) is 2. The zero-order valence-corrected chi connectivity index (χ0v) is 16.0. The average molecular weight is 383 g/mol. The third kappa shape index (κ3) is 4.66. The summed E-state index contributed by atoms with van der Waals surface area (Å²) in [5, 5.41) is 11.9. The van der Waals surface area contributed by atoms with Gasteiger partial charge < -0.3 is 15.3 Å². The second-order valence-corrected chi connectivity index (χ2v) is 8.96. The molecule has 1 aliphatic rings. The van der Waals surface area contributed by atoms with Gasteiger partial charge in [0.15, 0.2) is 0 Å². The molecule has 0 radical (unpaired) electrons. The van der Waals surface area contributed by atoms with Gasteiger partial charge in [0.2, 0.25) is 10.0 Å². The highest BCUT2D eigenvalue weighted by molar-refractivity contribution is 7.92. The van der Waals surface area contributed by atoms with E-state index in [0.29, 0.717) is 12.1 Å². The minimum absolute atomic E-state index is 0.171. The van der Waals surface area contributed by atoms with Gasteiger partial charge in [-0.2, -0.15) is 0 Å². The minimum Gasteiger partial charge on any atom is -0.481 e. The predicted molar refractivity (Wildman–Crippen MR) is 98.5 cm³/mol. The van der Waals surface area contributed by atoms with Crippen molar-refractivity contribution in [1.29, 1.82) is 0 Å². The molecule has 0 atom stereocenters. The molecule has 0 aromatic heterocycles. The van der Waals surface area contributed by atoms with E-state index >= 15 is 0 Å². The lowest BCUT2D eigenvalue weighted by molar-refractivity contribution is -0.147. The van der Waals surface area contributed by atoms with Crippen molar-refractivity contribution in [2.45, 2.75) is 26.8 Å². The van der Waals surface area contributed by atoms with E-state index in [1.54, 1.807) is 38.1 Å². The maximum atomic E-state index is 12.5. The zero-order valence-electron chi connectivity index (χ0n) is 15.2. The first-order chi connectivity index (χ1) is 12.0. The van der Waals surface area contributed by atoms with Crippen LogP contribution in [0.25, 0.3) is 0 Å². The van der Waals surface area contributed by atoms with Crippen LogP contribution in [-0.4, -0.2) is 56.3 Å². The van der Waals surface area contributed by atoms with Crippen molar-refractivity contribution in [2.75, 3.05) is 30.2 Å². The van der Waals surface area contributed by atoms with Crippen LogP contribution in [0, 0.1) is 5.41 Å². The van der Waals surface area contributed by atoms with Gasteiger partial charge in [0, 0.05) is 19.6 Å². The highest BCUT2D eigenvalue weighted by Gasteiger charge is 2.29. The van der Waals surface area contributed by atoms with Crippen molar-refractivity contribution in [3.63, 3.8) is 0 Å². The van der Waals surface area contributed by atoms with Crippen molar-refractivity contribution in [2.24, 2.45) is 5.41 Å². The number of para-hydroxylation sites is 1. The van der Waals surface area contributed by atoms with Crippen molar-refractivity contribution >= 4 is 27.7 Å². The quantitative estimate of drug-likeness (QED) is 0.801. The number of fused-ring (bicyclic) bond motifs is 1. The number of carbonyl (C=O) groups is 2. The first-order valence-electron chi connectivity index (χ1n) is 8.34. The minimum atomic E-state index is -3.45. The molecular weight excluding hydrogens is 358 g/mol. The Bertz CT molecular complexity index is 791. The highest BCUT2D eigenvalue weighted by Crippen LogP contribution is 2.27. The number of carboxylic acids is 1. The van der Waals surface area contributed by atoms with Crippen LogP contribution in [0.15, 0.2) is 24.3 Å². The van der Waals surface area contributed by atoms with Crippen LogP contribution in [0.3, 0.4) is 0 Å². The van der Waals surface area contributed by atoms with Gasteiger partial charge in [0.25, 0.3) is 0 Å². The molecule has 1 aliphatic heterocycles. The summed E-state index contributed by atoms with van der Waals surface area (Å²) in [4.78, 5) is 25.1. The molecule has 0 fully saturated rings. The van der Waals surface area contributed by atoms with E-state index in [1.165, 1.54) is 9.21 Å². The topological polar surface area (TPSA) is 107 Å². The smallest absolute Gasteiger partial charge is 0.317 e. The number of nitrogens with one attached hydrogen (secondary N) is 1. The summed E-state index contributed by atoms with van der Waals surface area (Å²) in [6, 6.07) is 6.76. The Morgan fingerprint density at radius 2 is 1.88 bits per heavy atom. The second kappa shape index (κ2) is 7.53. The SMILES string of the molecule is CC(C)(CCNC(=O)N1CCN(S(C)(=O)=O)c2ccccc2C1)C(=O)O. The summed E-state index contributed by atoms with van der Waals surface area (Å²) in [5.74, 6) is -0.917. The third-order valence-corrected chi connectivity index (χ3v) is 5.67. The molecular formula is C17H25N3O5S. The summed E-state index contributed by atoms with van der Waals surface area (Å²) in [6.45, 7) is 4.14. The number of urea groups is 1. The molecule has 1 heterocycles. The fourth-order valence-electron chi connectivity index (χ4n) is 2.72. The number of hydrogen-bond donors (Lipinski definition) is 2. The molecule has 144 valence electrons. The van der Waals surface area contributed by atoms with E-state index in [2.05, 4.69) is 5.32 Å². The van der Waals surface area contributed by atoms with Crippen LogP contribution >= 0.6 is 0 Å². The Morgan fingerprint density at radius 3 is 2.50 bits per heavy atom. The molecule has 0 spiro atoms. The number of sulfonamides is 1. The molecule has 2 N–H and O–H groups in total. The molecule has 9 heteroatoms. The van der Waals surface area contributed by atoms with Crippen LogP contribution < -0.4 is 9.62 Å². The van der Waals surface area contributed by atoms with Crippen molar-refractivity contribution in [1.82, 2.24) is 10.2 Å². The van der Waals surface area contributed by atoms with Crippen LogP contribution in [-0.2, 0) is 21.4 Å². The lowest BCUT2D eigenvalue weighted by atomic mass is 9.90. The molecule has 2 amide bonds. The standard InChI is InChI=1S/C17H25N3O5S/c1-17(2,15(21)22)8-9-18-16(23)19-10-11-20(26(3,24)25)14-7-5-4-6-13(14)12-19/h4-7H,8-12H2,1-3H3,(H,18,23)(H,21,22). The van der Waals surface area contributed by atoms with Gasteiger partial charge in [-0.25, -0.2) is 13.2 Å². The normalized spacial score (nSPS) is 15.2. The number of anilines is 1. The van der Waals surface area contributed by atoms with Crippen LogP contribution in [0.1, 0.15) is 25.8 Å². The first kappa shape index (κ1) is 20.0. The van der Waals surface area contributed by atoms with Gasteiger partial charge in [0.05, 0.1) is 23.9 Å². The number of aliphatic carboxylic acids is 1. The average Bonchev–Trinajstić information content (AvgIpc) is 2.73. The summed E-state index contributed by atoms with van der Waals surface area (Å²) < 4.78 is 25.5. The Morgan fingerprint density at radius 1 is 1.23 bits per heavy atom. The third-order valence-electron chi connectivity index (χ3n) is 4.49. The molecule has 0 aliphatic carbocycles. The van der Waals surface area contributed by atoms with E-state index in [-0.39, 0.29) is 32.2 Å². The van der Waals surface area contributed by atoms with Gasteiger partial charge in [-0.05, 0) is 31.9 Å². The number of benzene rings is 1. The lowest BCUT2D eigenvalue weighted by Crippen LogP contribution is -2.43. The molecule has 8 nitrogen and oxygen atoms in total. The summed E-state index contributed by atoms with van der Waals surface area (Å²) in [5.41, 5.74) is 0.403. The number of carboxylic acid groups (broad SMARTS) is 1. The molecule has 0 saturated carbocycles. The van der Waals surface area contributed by atoms with E-state index < -0.39 is 21.4 Å². The van der Waals surface area contributed by atoms with E-state index in [9.17, 15) is 18.0 Å². The molecule has 0 unspecified atom stereocenters. The Balaban J connectivity index is 2.09. The van der Waals surface area contributed by atoms with Crippen molar-refractivity contribution in [3.05, 3.63) is 29.8 Å². The van der Waals surface area contributed by atoms with Gasteiger partial charge in [0.1, 0.15) is 0 Å². The van der Waals surface area contributed by atoms with Crippen LogP contribution in [0.2, 0.25) is 0 Å². The number of amides is 2. The predicted octanol–water partition coefficient (Wildman–Crippen LogP) is 1.48. The van der Waals surface area contributed by atoms with E-state index in [0.717, 1.165) is 11.8 Å². The first-order valence-corrected chi connectivity index (χ1v) is 10.2. The highest BCUT2D eigenvalue weighted by atomic mass is 32.2. The molecule has 2 rings (SSSR count). The fraction of sp³-hybridized carbons (Fsp3) is 0.529. The van der Waals surface area contributed by atoms with E-state index in [4.69, 9.17) is 5.11 Å². The van der Waals surface area contributed by atoms with Gasteiger partial charge in [-0.15, -0.1) is 0 Å². The molecule has 0 saturated heterocycles. The van der Waals surface area contributed by atoms with Gasteiger partial charge in [-0.3, -0.25) is 9.10 Å². The maximum absolute atomic E-state index is 12.5. The van der Waals surface area contributed by atoms with Crippen molar-refractivity contribution < 1.29 is 23.1 Å². The van der Waals surface area contributed by atoms with Crippen molar-refractivity contribution in [3.8, 4) is 0 Å².